The lowest BCUT2D eigenvalue weighted by molar-refractivity contribution is -0.384. The Morgan fingerprint density at radius 2 is 2.26 bits per heavy atom. The van der Waals surface area contributed by atoms with Crippen molar-refractivity contribution in [2.45, 2.75) is 20.0 Å². The smallest absolute Gasteiger partial charge is 0.295 e. The number of anilines is 1. The zero-order valence-electron chi connectivity index (χ0n) is 10.3. The molecule has 0 radical (unpaired) electrons. The number of hydrogen-bond donors (Lipinski definition) is 1. The molecule has 0 fully saturated rings. The van der Waals surface area contributed by atoms with Crippen molar-refractivity contribution in [2.75, 3.05) is 5.32 Å². The molecule has 1 aromatic carbocycles. The first kappa shape index (κ1) is 13.0. The summed E-state index contributed by atoms with van der Waals surface area (Å²) in [5.74, 6) is -0.632. The first-order chi connectivity index (χ1) is 9.10. The van der Waals surface area contributed by atoms with E-state index in [4.69, 9.17) is 0 Å². The minimum Gasteiger partial charge on any atom is -0.374 e. The van der Waals surface area contributed by atoms with E-state index in [1.54, 1.807) is 4.68 Å². The van der Waals surface area contributed by atoms with Crippen LogP contribution in [-0.2, 0) is 13.1 Å². The molecule has 19 heavy (non-hydrogen) atoms. The second-order valence-electron chi connectivity index (χ2n) is 3.93. The molecule has 2 rings (SSSR count). The van der Waals surface area contributed by atoms with E-state index < -0.39 is 10.7 Å². The zero-order chi connectivity index (χ0) is 13.8. The molecule has 6 nitrogen and oxygen atoms in total. The van der Waals surface area contributed by atoms with Gasteiger partial charge in [-0.25, -0.2) is 4.39 Å². The highest BCUT2D eigenvalue weighted by atomic mass is 19.1. The number of rotatable bonds is 5. The van der Waals surface area contributed by atoms with E-state index in [0.717, 1.165) is 18.3 Å². The number of aromatic nitrogens is 2. The number of aryl methyl sites for hydroxylation is 1. The van der Waals surface area contributed by atoms with E-state index in [1.165, 1.54) is 12.1 Å². The van der Waals surface area contributed by atoms with Crippen LogP contribution in [0.4, 0.5) is 15.8 Å². The lowest BCUT2D eigenvalue weighted by atomic mass is 10.2. The molecule has 1 N–H and O–H groups in total. The fourth-order valence-electron chi connectivity index (χ4n) is 1.67. The number of hydrogen-bond acceptors (Lipinski definition) is 4. The molecular formula is C12H13FN4O2. The maximum absolute atomic E-state index is 13.0. The van der Waals surface area contributed by atoms with Crippen molar-refractivity contribution in [2.24, 2.45) is 0 Å². The molecule has 0 atom stereocenters. The van der Waals surface area contributed by atoms with Gasteiger partial charge < -0.3 is 5.32 Å². The first-order valence-electron chi connectivity index (χ1n) is 5.80. The molecule has 7 heteroatoms. The molecule has 0 spiro atoms. The van der Waals surface area contributed by atoms with Gasteiger partial charge >= 0.3 is 0 Å². The largest absolute Gasteiger partial charge is 0.374 e. The van der Waals surface area contributed by atoms with E-state index in [1.807, 2.05) is 19.2 Å². The summed E-state index contributed by atoms with van der Waals surface area (Å²) in [6, 6.07) is 5.25. The summed E-state index contributed by atoms with van der Waals surface area (Å²) >= 11 is 0. The highest BCUT2D eigenvalue weighted by molar-refractivity contribution is 5.61. The number of nitrogens with one attached hydrogen (secondary N) is 1. The van der Waals surface area contributed by atoms with Gasteiger partial charge in [0.05, 0.1) is 23.2 Å². The fourth-order valence-corrected chi connectivity index (χ4v) is 1.67. The van der Waals surface area contributed by atoms with Crippen LogP contribution < -0.4 is 5.32 Å². The summed E-state index contributed by atoms with van der Waals surface area (Å²) in [6.07, 6.45) is 1.83. The van der Waals surface area contributed by atoms with Crippen molar-refractivity contribution < 1.29 is 9.31 Å². The monoisotopic (exact) mass is 264 g/mol. The van der Waals surface area contributed by atoms with Gasteiger partial charge in [0.1, 0.15) is 11.5 Å². The lowest BCUT2D eigenvalue weighted by Crippen LogP contribution is -2.04. The van der Waals surface area contributed by atoms with Crippen molar-refractivity contribution in [1.82, 2.24) is 9.78 Å². The predicted octanol–water partition coefficient (Wildman–Crippen LogP) is 2.56. The van der Waals surface area contributed by atoms with Crippen LogP contribution in [0.1, 0.15) is 12.6 Å². The Balaban J connectivity index is 2.12. The summed E-state index contributed by atoms with van der Waals surface area (Å²) in [5.41, 5.74) is 0.757. The van der Waals surface area contributed by atoms with Gasteiger partial charge in [0.2, 0.25) is 0 Å². The molecule has 1 heterocycles. The van der Waals surface area contributed by atoms with Crippen molar-refractivity contribution in [3.63, 3.8) is 0 Å². The average Bonchev–Trinajstić information content (AvgIpc) is 2.85. The topological polar surface area (TPSA) is 73.0 Å². The summed E-state index contributed by atoms with van der Waals surface area (Å²) in [4.78, 5) is 10.2. The van der Waals surface area contributed by atoms with Gasteiger partial charge in [0, 0.05) is 12.7 Å². The van der Waals surface area contributed by atoms with Crippen molar-refractivity contribution in [3.05, 3.63) is 52.1 Å². The molecular weight excluding hydrogens is 251 g/mol. The van der Waals surface area contributed by atoms with E-state index in [9.17, 15) is 14.5 Å². The molecule has 0 aliphatic carbocycles. The quantitative estimate of drug-likeness (QED) is 0.665. The van der Waals surface area contributed by atoms with Crippen LogP contribution in [-0.4, -0.2) is 14.7 Å². The molecule has 0 bridgehead atoms. The second-order valence-corrected chi connectivity index (χ2v) is 3.93. The van der Waals surface area contributed by atoms with E-state index >= 15 is 0 Å². The third-order valence-electron chi connectivity index (χ3n) is 2.64. The predicted molar refractivity (Wildman–Crippen MR) is 68.3 cm³/mol. The van der Waals surface area contributed by atoms with Crippen LogP contribution >= 0.6 is 0 Å². The number of nitrogens with zero attached hydrogens (tertiary/aromatic N) is 3. The lowest BCUT2D eigenvalue weighted by Gasteiger charge is -2.05. The molecule has 2 aromatic rings. The van der Waals surface area contributed by atoms with Gasteiger partial charge in [0.25, 0.3) is 5.69 Å². The van der Waals surface area contributed by atoms with E-state index in [-0.39, 0.29) is 11.4 Å². The average molecular weight is 264 g/mol. The number of benzene rings is 1. The van der Waals surface area contributed by atoms with Crippen LogP contribution in [0.25, 0.3) is 0 Å². The van der Waals surface area contributed by atoms with Gasteiger partial charge in [-0.1, -0.05) is 0 Å². The highest BCUT2D eigenvalue weighted by Gasteiger charge is 2.14. The molecule has 0 amide bonds. The van der Waals surface area contributed by atoms with Crippen molar-refractivity contribution in [1.29, 1.82) is 0 Å². The minimum absolute atomic E-state index is 0.275. The summed E-state index contributed by atoms with van der Waals surface area (Å²) in [6.45, 7) is 3.07. The van der Waals surface area contributed by atoms with Crippen molar-refractivity contribution in [3.8, 4) is 0 Å². The SMILES string of the molecule is CCn1ccc(CNc2ccc(F)cc2[N+](=O)[O-])n1. The molecule has 0 saturated heterocycles. The zero-order valence-corrected chi connectivity index (χ0v) is 10.3. The van der Waals surface area contributed by atoms with Crippen LogP contribution in [0.15, 0.2) is 30.5 Å². The second kappa shape index (κ2) is 5.47. The van der Waals surface area contributed by atoms with E-state index in [2.05, 4.69) is 10.4 Å². The molecule has 1 aromatic heterocycles. The van der Waals surface area contributed by atoms with Gasteiger partial charge in [-0.2, -0.15) is 5.10 Å². The number of nitro benzene ring substituents is 1. The maximum atomic E-state index is 13.0. The Morgan fingerprint density at radius 3 is 2.89 bits per heavy atom. The Labute approximate surface area is 109 Å². The minimum atomic E-state index is -0.632. The highest BCUT2D eigenvalue weighted by Crippen LogP contribution is 2.25. The summed E-state index contributed by atoms with van der Waals surface area (Å²) in [7, 11) is 0. The maximum Gasteiger partial charge on any atom is 0.295 e. The fraction of sp³-hybridized carbons (Fsp3) is 0.250. The first-order valence-corrected chi connectivity index (χ1v) is 5.80. The Bertz CT molecular complexity index is 597. The molecule has 100 valence electrons. The Morgan fingerprint density at radius 1 is 1.47 bits per heavy atom. The molecule has 0 unspecified atom stereocenters. The normalized spacial score (nSPS) is 10.4. The summed E-state index contributed by atoms with van der Waals surface area (Å²) in [5, 5.41) is 18.0. The number of halogens is 1. The molecule has 0 aliphatic rings. The standard InChI is InChI=1S/C12H13FN4O2/c1-2-16-6-5-10(15-16)8-14-11-4-3-9(13)7-12(11)17(18)19/h3-7,14H,2,8H2,1H3. The molecule has 0 saturated carbocycles. The van der Waals surface area contributed by atoms with Crippen molar-refractivity contribution >= 4 is 11.4 Å². The van der Waals surface area contributed by atoms with Crippen LogP contribution in [0.5, 0.6) is 0 Å². The van der Waals surface area contributed by atoms with Gasteiger partial charge in [0.15, 0.2) is 0 Å². The van der Waals surface area contributed by atoms with Crippen LogP contribution in [0.3, 0.4) is 0 Å². The Kier molecular flexibility index (Phi) is 3.74. The van der Waals surface area contributed by atoms with Crippen LogP contribution in [0.2, 0.25) is 0 Å². The Hall–Kier alpha value is -2.44. The van der Waals surface area contributed by atoms with Gasteiger partial charge in [-0.3, -0.25) is 14.8 Å². The molecule has 0 aliphatic heterocycles. The third kappa shape index (κ3) is 3.06. The van der Waals surface area contributed by atoms with Gasteiger partial charge in [-0.15, -0.1) is 0 Å². The van der Waals surface area contributed by atoms with E-state index in [0.29, 0.717) is 6.54 Å². The van der Waals surface area contributed by atoms with Crippen LogP contribution in [0, 0.1) is 15.9 Å². The third-order valence-corrected chi connectivity index (χ3v) is 2.64. The summed E-state index contributed by atoms with van der Waals surface area (Å²) < 4.78 is 14.7. The van der Waals surface area contributed by atoms with Gasteiger partial charge in [-0.05, 0) is 25.1 Å². The number of nitro groups is 1.